The van der Waals surface area contributed by atoms with Crippen molar-refractivity contribution in [2.75, 3.05) is 0 Å². The van der Waals surface area contributed by atoms with E-state index in [2.05, 4.69) is 25.7 Å². The summed E-state index contributed by atoms with van der Waals surface area (Å²) in [4.78, 5) is 2.07. The Morgan fingerprint density at radius 1 is 1.45 bits per heavy atom. The van der Waals surface area contributed by atoms with Gasteiger partial charge >= 0.3 is 0 Å². The molecule has 4 aliphatic rings. The molecular weight excluding hydrogens is 249 g/mol. The van der Waals surface area contributed by atoms with Crippen molar-refractivity contribution in [1.82, 2.24) is 4.90 Å². The molecule has 4 heteroatoms. The molecule has 3 atom stereocenters. The summed E-state index contributed by atoms with van der Waals surface area (Å²) in [5, 5.41) is 10.8. The van der Waals surface area contributed by atoms with Crippen molar-refractivity contribution < 1.29 is 9.84 Å². The van der Waals surface area contributed by atoms with Crippen LogP contribution in [-0.2, 0) is 4.74 Å². The van der Waals surface area contributed by atoms with E-state index in [1.165, 1.54) is 45.1 Å². The Labute approximate surface area is 123 Å². The number of aliphatic hydroxyl groups is 1. The topological polar surface area (TPSA) is 32.7 Å². The van der Waals surface area contributed by atoms with E-state index in [0.29, 0.717) is 11.4 Å². The highest BCUT2D eigenvalue weighted by atomic mass is 16.6. The molecule has 1 fully saturated rings. The van der Waals surface area contributed by atoms with Crippen molar-refractivity contribution in [2.24, 2.45) is 0 Å². The Morgan fingerprint density at radius 2 is 2.20 bits per heavy atom. The Kier molecular flexibility index (Phi) is 3.78. The molecule has 0 aromatic rings. The first-order chi connectivity index (χ1) is 9.54. The zero-order valence-corrected chi connectivity index (χ0v) is 13.2. The molecule has 3 unspecified atom stereocenters. The van der Waals surface area contributed by atoms with Crippen LogP contribution in [0.2, 0.25) is 11.1 Å². The molecule has 0 amide bonds. The number of ether oxygens (including phenoxy) is 1. The third-order valence-corrected chi connectivity index (χ3v) is 5.71. The maximum atomic E-state index is 10.2. The number of rotatable bonds is 2. The van der Waals surface area contributed by atoms with E-state index >= 15 is 0 Å². The standard InChI is InChI=1S/C16H28BNO2/c1-4-16-8-6-5-7-13-14(9-12(10-16)17-16)20-15(19)18(13)11(2)3/h11-12,15,17,19H,4-10H2,1-3H3. The van der Waals surface area contributed by atoms with Gasteiger partial charge in [0, 0.05) is 12.5 Å². The molecule has 3 aliphatic heterocycles. The predicted octanol–water partition coefficient (Wildman–Crippen LogP) is 3.38. The molecule has 1 aliphatic carbocycles. The van der Waals surface area contributed by atoms with E-state index in [1.54, 1.807) is 0 Å². The normalized spacial score (nSPS) is 37.1. The van der Waals surface area contributed by atoms with Crippen LogP contribution >= 0.6 is 0 Å². The summed E-state index contributed by atoms with van der Waals surface area (Å²) < 4.78 is 5.79. The highest BCUT2D eigenvalue weighted by Gasteiger charge is 2.45. The van der Waals surface area contributed by atoms with E-state index in [1.807, 2.05) is 0 Å². The average molecular weight is 277 g/mol. The molecule has 20 heavy (non-hydrogen) atoms. The summed E-state index contributed by atoms with van der Waals surface area (Å²) in [5.74, 6) is 1.86. The van der Waals surface area contributed by atoms with E-state index in [-0.39, 0.29) is 0 Å². The minimum absolute atomic E-state index is 0.302. The maximum absolute atomic E-state index is 10.2. The Balaban J connectivity index is 1.79. The number of allylic oxidation sites excluding steroid dienone is 2. The quantitative estimate of drug-likeness (QED) is 0.785. The third-order valence-electron chi connectivity index (χ3n) is 5.71. The summed E-state index contributed by atoms with van der Waals surface area (Å²) in [5.41, 5.74) is 1.28. The summed E-state index contributed by atoms with van der Waals surface area (Å²) in [6.45, 7) is 6.61. The molecule has 0 saturated carbocycles. The fourth-order valence-corrected chi connectivity index (χ4v) is 4.56. The highest BCUT2D eigenvalue weighted by molar-refractivity contribution is 6.46. The summed E-state index contributed by atoms with van der Waals surface area (Å²) >= 11 is 0. The van der Waals surface area contributed by atoms with Crippen LogP contribution in [0.15, 0.2) is 11.5 Å². The first-order valence-electron chi connectivity index (χ1n) is 8.40. The van der Waals surface area contributed by atoms with Crippen molar-refractivity contribution in [2.45, 2.75) is 89.3 Å². The molecule has 112 valence electrons. The third kappa shape index (κ3) is 2.36. The van der Waals surface area contributed by atoms with Crippen molar-refractivity contribution >= 4 is 7.28 Å². The van der Waals surface area contributed by atoms with Crippen LogP contribution in [0.4, 0.5) is 0 Å². The number of hydrogen-bond donors (Lipinski definition) is 1. The maximum Gasteiger partial charge on any atom is 0.281 e. The van der Waals surface area contributed by atoms with Gasteiger partial charge in [0.25, 0.3) is 6.41 Å². The van der Waals surface area contributed by atoms with Gasteiger partial charge in [0.15, 0.2) is 0 Å². The summed E-state index contributed by atoms with van der Waals surface area (Å²) in [7, 11) is 1.36. The Bertz CT molecular complexity index is 401. The first kappa shape index (κ1) is 14.3. The van der Waals surface area contributed by atoms with Crippen LogP contribution in [0.3, 0.4) is 0 Å². The Morgan fingerprint density at radius 3 is 2.85 bits per heavy atom. The lowest BCUT2D eigenvalue weighted by Gasteiger charge is -2.47. The van der Waals surface area contributed by atoms with Gasteiger partial charge in [-0.1, -0.05) is 43.7 Å². The summed E-state index contributed by atoms with van der Waals surface area (Å²) in [6.07, 6.45) is 7.99. The van der Waals surface area contributed by atoms with Crippen LogP contribution in [-0.4, -0.2) is 29.7 Å². The molecule has 2 bridgehead atoms. The van der Waals surface area contributed by atoms with E-state index in [4.69, 9.17) is 4.74 Å². The largest absolute Gasteiger partial charge is 0.449 e. The zero-order chi connectivity index (χ0) is 14.3. The molecule has 1 N–H and O–H groups in total. The van der Waals surface area contributed by atoms with Gasteiger partial charge in [-0.3, -0.25) is 0 Å². The number of aliphatic hydroxyl groups excluding tert-OH is 1. The number of fused-ring (bicyclic) bond motifs is 3. The molecular formula is C16H28BNO2. The van der Waals surface area contributed by atoms with Gasteiger partial charge in [-0.2, -0.15) is 0 Å². The van der Waals surface area contributed by atoms with E-state index in [9.17, 15) is 5.11 Å². The molecule has 3 heterocycles. The molecule has 3 nitrogen and oxygen atoms in total. The molecule has 0 radical (unpaired) electrons. The van der Waals surface area contributed by atoms with E-state index in [0.717, 1.165) is 24.4 Å². The SMILES string of the molecule is CCC12BC(CC3=C(CCCC1)N(C(C)C)C(O)O3)C2. The van der Waals surface area contributed by atoms with Crippen LogP contribution in [0, 0.1) is 0 Å². The predicted molar refractivity (Wildman–Crippen MR) is 82.7 cm³/mol. The average Bonchev–Trinajstić information content (AvgIpc) is 2.67. The van der Waals surface area contributed by atoms with Crippen LogP contribution in [0.1, 0.15) is 65.7 Å². The van der Waals surface area contributed by atoms with Crippen LogP contribution < -0.4 is 0 Å². The van der Waals surface area contributed by atoms with Crippen molar-refractivity contribution in [3.63, 3.8) is 0 Å². The lowest BCUT2D eigenvalue weighted by Crippen LogP contribution is -2.37. The van der Waals surface area contributed by atoms with Gasteiger partial charge in [0.1, 0.15) is 13.0 Å². The minimum atomic E-state index is -0.753. The van der Waals surface area contributed by atoms with Crippen molar-refractivity contribution in [3.05, 3.63) is 11.5 Å². The van der Waals surface area contributed by atoms with Crippen LogP contribution in [0.5, 0.6) is 0 Å². The monoisotopic (exact) mass is 277 g/mol. The number of nitrogens with zero attached hydrogens (tertiary/aromatic N) is 1. The molecule has 0 aromatic carbocycles. The minimum Gasteiger partial charge on any atom is -0.449 e. The molecule has 4 rings (SSSR count). The van der Waals surface area contributed by atoms with E-state index < -0.39 is 6.41 Å². The fraction of sp³-hybridized carbons (Fsp3) is 0.875. The number of hydrogen-bond acceptors (Lipinski definition) is 3. The second kappa shape index (κ2) is 5.29. The van der Waals surface area contributed by atoms with Gasteiger partial charge < -0.3 is 14.7 Å². The van der Waals surface area contributed by atoms with Crippen molar-refractivity contribution in [1.29, 1.82) is 0 Å². The second-order valence-electron chi connectivity index (χ2n) is 7.35. The van der Waals surface area contributed by atoms with Gasteiger partial charge in [-0.25, -0.2) is 0 Å². The van der Waals surface area contributed by atoms with Crippen molar-refractivity contribution in [3.8, 4) is 0 Å². The van der Waals surface area contributed by atoms with Gasteiger partial charge in [-0.05, 0) is 26.7 Å². The summed E-state index contributed by atoms with van der Waals surface area (Å²) in [6, 6.07) is 0.302. The lowest BCUT2D eigenvalue weighted by molar-refractivity contribution is -0.140. The molecule has 0 aromatic heterocycles. The zero-order valence-electron chi connectivity index (χ0n) is 13.2. The lowest BCUT2D eigenvalue weighted by atomic mass is 9.29. The van der Waals surface area contributed by atoms with Gasteiger partial charge in [-0.15, -0.1) is 0 Å². The second-order valence-corrected chi connectivity index (χ2v) is 7.35. The highest BCUT2D eigenvalue weighted by Crippen LogP contribution is 2.58. The van der Waals surface area contributed by atoms with Crippen LogP contribution in [0.25, 0.3) is 0 Å². The Hall–Kier alpha value is -0.635. The van der Waals surface area contributed by atoms with Gasteiger partial charge in [0.05, 0.1) is 5.70 Å². The fourth-order valence-electron chi connectivity index (χ4n) is 4.56. The molecule has 1 saturated heterocycles. The first-order valence-corrected chi connectivity index (χ1v) is 8.40. The molecule has 0 spiro atoms. The van der Waals surface area contributed by atoms with Gasteiger partial charge in [0.2, 0.25) is 0 Å². The smallest absolute Gasteiger partial charge is 0.281 e.